The maximum Gasteiger partial charge on any atom is 0.255 e. The van der Waals surface area contributed by atoms with Crippen molar-refractivity contribution in [2.24, 2.45) is 53.1 Å². The van der Waals surface area contributed by atoms with E-state index in [-0.39, 0.29) is 110 Å². The van der Waals surface area contributed by atoms with E-state index < -0.39 is 228 Å². The van der Waals surface area contributed by atoms with Crippen molar-refractivity contribution in [3.05, 3.63) is 117 Å². The number of nitrogens with two attached hydrogens (primary N) is 1. The van der Waals surface area contributed by atoms with Crippen LogP contribution in [0.15, 0.2) is 78.9 Å². The number of aromatic hydroxyl groups is 3. The van der Waals surface area contributed by atoms with Crippen molar-refractivity contribution in [1.82, 2.24) is 31.9 Å². The minimum atomic E-state index is -2.24. The molecule has 5 aromatic carbocycles. The minimum absolute atomic E-state index is 0.0469. The molecule has 7 heterocycles. The molecule has 666 valence electrons. The maximum atomic E-state index is 16.8. The molecular formula is C89H111Cl2N7O25. The molecule has 1 unspecified atom stereocenters. The highest BCUT2D eigenvalue weighted by Crippen LogP contribution is 2.59. The van der Waals surface area contributed by atoms with Gasteiger partial charge in [-0.05, 0) is 210 Å². The Morgan fingerprint density at radius 1 is 0.691 bits per heavy atom. The van der Waals surface area contributed by atoms with Crippen LogP contribution in [0.1, 0.15) is 196 Å². The zero-order valence-corrected chi connectivity index (χ0v) is 71.0. The summed E-state index contributed by atoms with van der Waals surface area (Å²) in [4.78, 5) is 139. The molecule has 0 spiro atoms. The van der Waals surface area contributed by atoms with Gasteiger partial charge in [0.1, 0.15) is 89.5 Å². The summed E-state index contributed by atoms with van der Waals surface area (Å²) in [7, 11) is 0. The predicted octanol–water partition coefficient (Wildman–Crippen LogP) is 7.42. The molecule has 123 heavy (non-hydrogen) atoms. The number of hydrogen-bond donors (Lipinski definition) is 16. The summed E-state index contributed by atoms with van der Waals surface area (Å²) in [6, 6.07) is 7.17. The number of rotatable bonds is 23. The first-order valence-electron chi connectivity index (χ1n) is 42.4. The number of aliphatic hydroxyl groups is 6. The Balaban J connectivity index is 1.01. The first kappa shape index (κ1) is 91.7. The van der Waals surface area contributed by atoms with E-state index in [9.17, 15) is 60.3 Å². The van der Waals surface area contributed by atoms with Gasteiger partial charge >= 0.3 is 0 Å². The van der Waals surface area contributed by atoms with E-state index in [4.69, 9.17) is 62.1 Å². The predicted molar refractivity (Wildman–Crippen MR) is 443 cm³/mol. The second kappa shape index (κ2) is 38.9. The van der Waals surface area contributed by atoms with Gasteiger partial charge in [0, 0.05) is 67.4 Å². The Hall–Kier alpha value is -8.97. The van der Waals surface area contributed by atoms with E-state index in [0.717, 1.165) is 69.0 Å². The number of carbonyl (C=O) groups excluding carboxylic acids is 9. The highest BCUT2D eigenvalue weighted by atomic mass is 35.5. The number of imide groups is 1. The normalized spacial score (nSPS) is 31.1. The zero-order valence-electron chi connectivity index (χ0n) is 69.5. The average Bonchev–Trinajstić information content (AvgIpc) is 0.720. The van der Waals surface area contributed by atoms with Gasteiger partial charge in [-0.2, -0.15) is 0 Å². The average molecular weight is 1750 g/mol. The molecule has 4 aliphatic carbocycles. The van der Waals surface area contributed by atoms with E-state index in [0.29, 0.717) is 37.6 Å². The zero-order chi connectivity index (χ0) is 88.5. The third kappa shape index (κ3) is 20.5. The van der Waals surface area contributed by atoms with Crippen molar-refractivity contribution >= 4 is 76.0 Å². The van der Waals surface area contributed by atoms with Crippen LogP contribution >= 0.6 is 23.2 Å². The van der Waals surface area contributed by atoms with Gasteiger partial charge in [0.05, 0.1) is 40.7 Å². The molecule has 7 aliphatic heterocycles. The number of unbranched alkanes of at least 4 members (excludes halogenated alkanes) is 1. The Morgan fingerprint density at radius 3 is 1.96 bits per heavy atom. The van der Waals surface area contributed by atoms with E-state index >= 15 is 28.8 Å². The first-order chi connectivity index (χ1) is 58.5. The molecule has 0 radical (unpaired) electrons. The fourth-order valence-electron chi connectivity index (χ4n) is 19.1. The summed E-state index contributed by atoms with van der Waals surface area (Å²) in [6.07, 6.45) is -15.5. The van der Waals surface area contributed by atoms with Gasteiger partial charge in [-0.3, -0.25) is 48.5 Å². The number of benzene rings is 5. The number of ketones is 3. The number of amides is 6. The van der Waals surface area contributed by atoms with Crippen molar-refractivity contribution < 1.29 is 122 Å². The fourth-order valence-corrected chi connectivity index (χ4v) is 19.6. The summed E-state index contributed by atoms with van der Waals surface area (Å²) in [5.74, 6) is -17.0. The number of nitrogens with one attached hydrogen (secondary N) is 6. The quantitative estimate of drug-likeness (QED) is 0.0283. The van der Waals surface area contributed by atoms with Crippen molar-refractivity contribution in [2.75, 3.05) is 26.3 Å². The molecule has 6 amide bonds. The topological polar surface area (TPSA) is 499 Å². The summed E-state index contributed by atoms with van der Waals surface area (Å²) < 4.78 is 45.0. The van der Waals surface area contributed by atoms with Crippen LogP contribution in [0, 0.1) is 47.3 Å². The molecule has 2 saturated heterocycles. The SMILES string of the molecule is CCNCCCCOC(C)C(=O)NC(=O)C[C@@H]1CC(=O)[C@H](NC(=O)[C@H](CC)CC(C)C)[C@H](O)c2ccc(c(Cl)c2)Oc2cc3cc(c2O[C@@H]2O[C@H](CO)[C@@H](O)[C@H](O)[C@H]2O[C@H]2C[C@](C)(N)[C@H](O)[C@H](C)O2)Oc2ccc(cc2Cl)[C@@H](O)[C@@H]2NC(=O)[C@H](CC(=O)[C@@H]3NC1=O)c1ccc(O)c(c1)-c1c(O)cc(O)cc1[C@@H](C(=O)CC1C3CC4CC(C3)CC1C4)NC2=O. The van der Waals surface area contributed by atoms with Crippen LogP contribution in [0.5, 0.6) is 46.0 Å². The number of hydrogen-bond acceptors (Lipinski definition) is 27. The second-order valence-electron chi connectivity index (χ2n) is 35.0. The summed E-state index contributed by atoms with van der Waals surface area (Å²) in [5.41, 5.74) is 3.57. The van der Waals surface area contributed by atoms with Gasteiger partial charge in [0.2, 0.25) is 41.6 Å². The lowest BCUT2D eigenvalue weighted by Crippen LogP contribution is -2.64. The number of phenols is 3. The molecule has 34 heteroatoms. The van der Waals surface area contributed by atoms with Crippen LogP contribution in [0.25, 0.3) is 11.1 Å². The molecule has 0 aromatic heterocycles. The first-order valence-corrected chi connectivity index (χ1v) is 43.2. The fraction of sp³-hybridized carbons (Fsp3) is 0.562. The van der Waals surface area contributed by atoms with Crippen molar-refractivity contribution in [1.29, 1.82) is 0 Å². The Kier molecular flexibility index (Phi) is 29.0. The maximum absolute atomic E-state index is 16.8. The van der Waals surface area contributed by atoms with Crippen LogP contribution in [0.2, 0.25) is 10.0 Å². The molecule has 15 bridgehead atoms. The molecule has 16 rings (SSSR count). The second-order valence-corrected chi connectivity index (χ2v) is 35.8. The molecule has 11 aliphatic rings. The standard InChI is InChI=1S/C89H111Cl2N7O25/c1-8-44(20-39(3)4)84(113)97-74-61(103)29-51(32-69(106)94-83(112)41(6)117-19-11-10-18-93-9-2)85(114)95-72-50-30-66(119-64-16-13-46(76(74)107)27-57(64)90)80(123-88-81(79(110)78(109)68(38-99)121-88)122-70-37-89(7,92)82(111)40(5)118-70)67(31-50)120-65-17-14-47(28-58(65)91)77(108)75-87(116)96-73(63(105)35-53-48-22-42-21-43(24-48)25-49(53)23-42)56-33-52(100)34-60(102)71(56)55-26-45(12-15-59(55)101)54(36-62(72)104)86(115)98-75/h12-17,26-28,30-31,33-34,39-44,48-49,51,53-54,68,70,72-79,81-82,88,93,99-102,107-111H,8-11,18-25,29,32,35-38,92H2,1-7H3,(H,95,114)(H,96,116)(H,97,113)(H,98,115)(H,94,106,112)/t40-,41?,42?,43?,44+,48?,49?,51-,53?,54+,68+,70-,72+,73-,74-,75-,76+,77+,78+,79-,81+,82+,88-,89-/m0/s1. The monoisotopic (exact) mass is 1750 g/mol. The highest BCUT2D eigenvalue weighted by molar-refractivity contribution is 6.32. The largest absolute Gasteiger partial charge is 0.508 e. The van der Waals surface area contributed by atoms with E-state index in [2.05, 4.69) is 31.9 Å². The van der Waals surface area contributed by atoms with Crippen LogP contribution in [0.3, 0.4) is 0 Å². The third-order valence-corrected chi connectivity index (χ3v) is 26.1. The molecule has 19 atom stereocenters. The molecule has 32 nitrogen and oxygen atoms in total. The number of phenolic OH excluding ortho intramolecular Hbond substituents is 3. The Morgan fingerprint density at radius 2 is 1.34 bits per heavy atom. The molecular weight excluding hydrogens is 1640 g/mol. The lowest BCUT2D eigenvalue weighted by molar-refractivity contribution is -0.333. The van der Waals surface area contributed by atoms with Crippen molar-refractivity contribution in [2.45, 2.75) is 241 Å². The van der Waals surface area contributed by atoms with Crippen LogP contribution in [-0.4, -0.2) is 198 Å². The van der Waals surface area contributed by atoms with Gasteiger partial charge in [0.15, 0.2) is 41.2 Å². The smallest absolute Gasteiger partial charge is 0.255 e. The molecule has 17 N–H and O–H groups in total. The van der Waals surface area contributed by atoms with E-state index in [1.807, 2.05) is 20.8 Å². The van der Waals surface area contributed by atoms with Gasteiger partial charge in [0.25, 0.3) is 5.91 Å². The number of Topliss-reactive ketones (excluding diaryl/α,β-unsaturated/α-hetero) is 3. The highest BCUT2D eigenvalue weighted by Gasteiger charge is 2.53. The van der Waals surface area contributed by atoms with Gasteiger partial charge in [-0.1, -0.05) is 69.1 Å². The summed E-state index contributed by atoms with van der Waals surface area (Å²) >= 11 is 14.6. The van der Waals surface area contributed by atoms with Crippen LogP contribution < -0.4 is 51.8 Å². The van der Waals surface area contributed by atoms with Gasteiger partial charge in [-0.25, -0.2) is 0 Å². The lowest BCUT2D eigenvalue weighted by atomic mass is 9.51. The number of ether oxygens (including phenoxy) is 7. The number of aliphatic hydroxyl groups excluding tert-OH is 6. The van der Waals surface area contributed by atoms with Crippen LogP contribution in [-0.2, 0) is 62.1 Å². The number of fused-ring (bicyclic) bond motifs is 15. The number of carbonyl (C=O) groups is 9. The lowest BCUT2D eigenvalue weighted by Gasteiger charge is -2.54. The van der Waals surface area contributed by atoms with Gasteiger partial charge < -0.3 is 111 Å². The summed E-state index contributed by atoms with van der Waals surface area (Å²) in [5, 5.41) is 123. The molecule has 5 aromatic rings. The van der Waals surface area contributed by atoms with E-state index in [1.165, 1.54) is 69.3 Å². The van der Waals surface area contributed by atoms with Crippen molar-refractivity contribution in [3.8, 4) is 57.1 Å². The third-order valence-electron chi connectivity index (χ3n) is 25.5. The van der Waals surface area contributed by atoms with Crippen LogP contribution in [0.4, 0.5) is 0 Å². The van der Waals surface area contributed by atoms with E-state index in [1.54, 1.807) is 6.92 Å². The minimum Gasteiger partial charge on any atom is -0.508 e. The van der Waals surface area contributed by atoms with Gasteiger partial charge in [-0.15, -0.1) is 0 Å². The Bertz CT molecular complexity index is 4770. The number of halogens is 2. The molecule has 6 fully saturated rings. The molecule has 4 saturated carbocycles. The summed E-state index contributed by atoms with van der Waals surface area (Å²) in [6.45, 7) is 12.4. The Labute approximate surface area is 721 Å². The van der Waals surface area contributed by atoms with Crippen molar-refractivity contribution in [3.63, 3.8) is 0 Å².